The van der Waals surface area contributed by atoms with Crippen LogP contribution in [0.2, 0.25) is 0 Å². The van der Waals surface area contributed by atoms with Crippen molar-refractivity contribution in [1.29, 1.82) is 0 Å². The first-order chi connectivity index (χ1) is 10.3. The summed E-state index contributed by atoms with van der Waals surface area (Å²) in [6, 6.07) is 7.28. The monoisotopic (exact) mass is 329 g/mol. The molecule has 0 aliphatic heterocycles. The number of hydrogen-bond acceptors (Lipinski definition) is 3. The molecule has 2 atom stereocenters. The second-order valence-corrected chi connectivity index (χ2v) is 7.66. The summed E-state index contributed by atoms with van der Waals surface area (Å²) >= 11 is 0. The molecular formula is C15H24NO5P. The summed E-state index contributed by atoms with van der Waals surface area (Å²) in [5.41, 5.74) is -0.341. The third-order valence-electron chi connectivity index (χ3n) is 4.53. The number of aliphatic hydroxyl groups is 1. The lowest BCUT2D eigenvalue weighted by molar-refractivity contribution is -0.0596. The van der Waals surface area contributed by atoms with Gasteiger partial charge in [-0.2, -0.15) is 0 Å². The molecule has 1 saturated carbocycles. The summed E-state index contributed by atoms with van der Waals surface area (Å²) in [7, 11) is -1.33. The Balaban J connectivity index is 2.29. The fourth-order valence-corrected chi connectivity index (χ4v) is 3.58. The largest absolute Gasteiger partial charge is 0.497 e. The van der Waals surface area contributed by atoms with E-state index in [-0.39, 0.29) is 12.5 Å². The lowest BCUT2D eigenvalue weighted by Gasteiger charge is -2.42. The van der Waals surface area contributed by atoms with Crippen molar-refractivity contribution in [3.63, 3.8) is 0 Å². The number of rotatable bonds is 5. The van der Waals surface area contributed by atoms with Crippen molar-refractivity contribution in [3.8, 4) is 5.75 Å². The van der Waals surface area contributed by atoms with Crippen LogP contribution in [-0.4, -0.2) is 40.3 Å². The Hall–Kier alpha value is -0.910. The average molecular weight is 329 g/mol. The lowest BCUT2D eigenvalue weighted by atomic mass is 9.71. The van der Waals surface area contributed by atoms with Crippen LogP contribution in [0.25, 0.3) is 0 Å². The SMILES string of the molecule is COc1cccc(C2(O)CCCCC2CN(C)P(=O)(O)O)c1. The van der Waals surface area contributed by atoms with E-state index in [2.05, 4.69) is 0 Å². The summed E-state index contributed by atoms with van der Waals surface area (Å²) in [6.45, 7) is 0.151. The molecule has 0 saturated heterocycles. The Kier molecular flexibility index (Phi) is 5.30. The van der Waals surface area contributed by atoms with Crippen LogP contribution in [0.15, 0.2) is 24.3 Å². The van der Waals surface area contributed by atoms with Gasteiger partial charge in [-0.1, -0.05) is 25.0 Å². The molecule has 3 N–H and O–H groups in total. The number of nitrogens with zero attached hydrogens (tertiary/aromatic N) is 1. The number of hydrogen-bond donors (Lipinski definition) is 3. The van der Waals surface area contributed by atoms with Gasteiger partial charge in [-0.05, 0) is 37.6 Å². The van der Waals surface area contributed by atoms with Crippen molar-refractivity contribution in [2.45, 2.75) is 31.3 Å². The highest BCUT2D eigenvalue weighted by Gasteiger charge is 2.42. The summed E-state index contributed by atoms with van der Waals surface area (Å²) in [6.07, 6.45) is 3.16. The normalized spacial score (nSPS) is 26.2. The Labute approximate surface area is 130 Å². The van der Waals surface area contributed by atoms with Gasteiger partial charge in [0, 0.05) is 12.5 Å². The van der Waals surface area contributed by atoms with E-state index in [1.165, 1.54) is 7.05 Å². The molecule has 2 unspecified atom stereocenters. The van der Waals surface area contributed by atoms with Gasteiger partial charge in [0.05, 0.1) is 12.7 Å². The molecule has 7 heteroatoms. The highest BCUT2D eigenvalue weighted by atomic mass is 31.2. The van der Waals surface area contributed by atoms with Crippen molar-refractivity contribution in [2.75, 3.05) is 20.7 Å². The minimum absolute atomic E-state index is 0.151. The fraction of sp³-hybridized carbons (Fsp3) is 0.600. The molecule has 1 aliphatic rings. The van der Waals surface area contributed by atoms with Gasteiger partial charge >= 0.3 is 7.75 Å². The zero-order valence-electron chi connectivity index (χ0n) is 13.0. The lowest BCUT2D eigenvalue weighted by Crippen LogP contribution is -2.43. The standard InChI is InChI=1S/C15H24NO5P/c1-16(22(18,19)20)11-13-6-3-4-9-15(13,17)12-7-5-8-14(10-12)21-2/h5,7-8,10,13,17H,3-4,6,9,11H2,1-2H3,(H2,18,19,20). The zero-order chi connectivity index (χ0) is 16.4. The van der Waals surface area contributed by atoms with Crippen LogP contribution >= 0.6 is 7.75 Å². The second kappa shape index (κ2) is 6.69. The molecule has 1 aliphatic carbocycles. The molecule has 0 radical (unpaired) electrons. The molecule has 0 amide bonds. The number of ether oxygens (including phenoxy) is 1. The van der Waals surface area contributed by atoms with Gasteiger partial charge in [-0.25, -0.2) is 9.24 Å². The van der Waals surface area contributed by atoms with Gasteiger partial charge in [0.15, 0.2) is 0 Å². The zero-order valence-corrected chi connectivity index (χ0v) is 13.9. The summed E-state index contributed by atoms with van der Waals surface area (Å²) in [5, 5.41) is 11.2. The molecule has 2 rings (SSSR count). The van der Waals surface area contributed by atoms with Gasteiger partial charge in [0.2, 0.25) is 0 Å². The molecule has 6 nitrogen and oxygen atoms in total. The van der Waals surface area contributed by atoms with Gasteiger partial charge < -0.3 is 19.6 Å². The van der Waals surface area contributed by atoms with Gasteiger partial charge in [-0.3, -0.25) is 0 Å². The van der Waals surface area contributed by atoms with Crippen LogP contribution in [0.4, 0.5) is 0 Å². The van der Waals surface area contributed by atoms with Crippen molar-refractivity contribution in [1.82, 2.24) is 4.67 Å². The first kappa shape index (κ1) is 17.4. The van der Waals surface area contributed by atoms with E-state index in [0.29, 0.717) is 12.2 Å². The molecule has 0 spiro atoms. The highest BCUT2D eigenvalue weighted by Crippen LogP contribution is 2.46. The van der Waals surface area contributed by atoms with E-state index in [1.807, 2.05) is 18.2 Å². The molecule has 0 heterocycles. The predicted octanol–water partition coefficient (Wildman–Crippen LogP) is 2.10. The molecule has 0 bridgehead atoms. The van der Waals surface area contributed by atoms with Crippen LogP contribution in [-0.2, 0) is 10.2 Å². The fourth-order valence-electron chi connectivity index (χ4n) is 3.17. The van der Waals surface area contributed by atoms with Crippen LogP contribution < -0.4 is 4.74 Å². The minimum Gasteiger partial charge on any atom is -0.497 e. The van der Waals surface area contributed by atoms with E-state index >= 15 is 0 Å². The number of methoxy groups -OCH3 is 1. The molecule has 1 aromatic carbocycles. The minimum atomic E-state index is -4.29. The first-order valence-corrected chi connectivity index (χ1v) is 8.98. The predicted molar refractivity (Wildman–Crippen MR) is 83.5 cm³/mol. The molecule has 1 aromatic rings. The molecule has 0 aromatic heterocycles. The Morgan fingerprint density at radius 1 is 1.41 bits per heavy atom. The van der Waals surface area contributed by atoms with Crippen LogP contribution in [0.5, 0.6) is 5.75 Å². The third-order valence-corrected chi connectivity index (χ3v) is 5.59. The van der Waals surface area contributed by atoms with E-state index in [0.717, 1.165) is 29.5 Å². The maximum absolute atomic E-state index is 11.4. The van der Waals surface area contributed by atoms with Crippen molar-refractivity contribution in [3.05, 3.63) is 29.8 Å². The van der Waals surface area contributed by atoms with E-state index in [4.69, 9.17) is 4.74 Å². The molecule has 1 fully saturated rings. The first-order valence-electron chi connectivity index (χ1n) is 7.41. The Bertz CT molecular complexity index is 561. The Morgan fingerprint density at radius 2 is 2.14 bits per heavy atom. The smallest absolute Gasteiger partial charge is 0.402 e. The van der Waals surface area contributed by atoms with Crippen molar-refractivity contribution < 1.29 is 24.2 Å². The van der Waals surface area contributed by atoms with Gasteiger partial charge in [0.1, 0.15) is 5.75 Å². The molecule has 124 valence electrons. The van der Waals surface area contributed by atoms with Crippen LogP contribution in [0.3, 0.4) is 0 Å². The quantitative estimate of drug-likeness (QED) is 0.717. The molecular weight excluding hydrogens is 305 g/mol. The summed E-state index contributed by atoms with van der Waals surface area (Å²) in [4.78, 5) is 18.6. The van der Waals surface area contributed by atoms with E-state index in [9.17, 15) is 19.5 Å². The summed E-state index contributed by atoms with van der Waals surface area (Å²) < 4.78 is 17.6. The topological polar surface area (TPSA) is 90.2 Å². The average Bonchev–Trinajstić information content (AvgIpc) is 2.48. The van der Waals surface area contributed by atoms with Crippen molar-refractivity contribution >= 4 is 7.75 Å². The van der Waals surface area contributed by atoms with Crippen LogP contribution in [0, 0.1) is 5.92 Å². The van der Waals surface area contributed by atoms with E-state index in [1.54, 1.807) is 13.2 Å². The Morgan fingerprint density at radius 3 is 2.77 bits per heavy atom. The number of benzene rings is 1. The maximum Gasteiger partial charge on any atom is 0.402 e. The highest BCUT2D eigenvalue weighted by molar-refractivity contribution is 7.49. The molecule has 22 heavy (non-hydrogen) atoms. The van der Waals surface area contributed by atoms with Gasteiger partial charge in [0.25, 0.3) is 0 Å². The van der Waals surface area contributed by atoms with E-state index < -0.39 is 13.3 Å². The maximum atomic E-state index is 11.4. The second-order valence-electron chi connectivity index (χ2n) is 5.95. The van der Waals surface area contributed by atoms with Gasteiger partial charge in [-0.15, -0.1) is 0 Å². The van der Waals surface area contributed by atoms with Crippen LogP contribution in [0.1, 0.15) is 31.2 Å². The third kappa shape index (κ3) is 3.70. The van der Waals surface area contributed by atoms with Crippen molar-refractivity contribution in [2.24, 2.45) is 5.92 Å². The summed E-state index contributed by atoms with van der Waals surface area (Å²) in [5.74, 6) is 0.435.